The van der Waals surface area contributed by atoms with E-state index in [1.807, 2.05) is 6.07 Å². The molecule has 1 aromatic carbocycles. The third-order valence-electron chi connectivity index (χ3n) is 2.54. The van der Waals surface area contributed by atoms with Crippen molar-refractivity contribution >= 4 is 21.6 Å². The van der Waals surface area contributed by atoms with Crippen LogP contribution in [-0.2, 0) is 0 Å². The summed E-state index contributed by atoms with van der Waals surface area (Å²) in [5.74, 6) is -0.192. The van der Waals surface area contributed by atoms with Crippen molar-refractivity contribution < 1.29 is 4.39 Å². The van der Waals surface area contributed by atoms with Crippen LogP contribution in [0.4, 0.5) is 10.1 Å². The van der Waals surface area contributed by atoms with Crippen LogP contribution in [0.2, 0.25) is 0 Å². The predicted octanol–water partition coefficient (Wildman–Crippen LogP) is 4.97. The van der Waals surface area contributed by atoms with E-state index in [0.717, 1.165) is 17.4 Å². The molecule has 1 N–H and O–H groups in total. The lowest BCUT2D eigenvalue weighted by atomic mass is 10.1. The number of rotatable bonds is 7. The Morgan fingerprint density at radius 2 is 1.94 bits per heavy atom. The molecule has 0 radical (unpaired) electrons. The van der Waals surface area contributed by atoms with Gasteiger partial charge in [0, 0.05) is 11.0 Å². The summed E-state index contributed by atoms with van der Waals surface area (Å²) in [6.45, 7) is 3.04. The molecule has 1 aromatic rings. The average Bonchev–Trinajstić information content (AvgIpc) is 2.26. The van der Waals surface area contributed by atoms with Crippen LogP contribution in [0.5, 0.6) is 0 Å². The quantitative estimate of drug-likeness (QED) is 0.698. The lowest BCUT2D eigenvalue weighted by Crippen LogP contribution is -2.04. The summed E-state index contributed by atoms with van der Waals surface area (Å²) >= 11 is 3.34. The molecule has 0 atom stereocenters. The van der Waals surface area contributed by atoms with Gasteiger partial charge in [-0.3, -0.25) is 0 Å². The van der Waals surface area contributed by atoms with E-state index in [2.05, 4.69) is 28.2 Å². The fraction of sp³-hybridized carbons (Fsp3) is 0.538. The second kappa shape index (κ2) is 7.66. The zero-order valence-corrected chi connectivity index (χ0v) is 11.3. The van der Waals surface area contributed by atoms with Gasteiger partial charge in [0.15, 0.2) is 0 Å². The average molecular weight is 288 g/mol. The highest BCUT2D eigenvalue weighted by molar-refractivity contribution is 9.10. The molecule has 90 valence electrons. The Bertz CT molecular complexity index is 295. The lowest BCUT2D eigenvalue weighted by Gasteiger charge is -2.09. The van der Waals surface area contributed by atoms with Crippen LogP contribution in [-0.4, -0.2) is 6.54 Å². The number of unbranched alkanes of at least 4 members (excludes halogenated alkanes) is 4. The van der Waals surface area contributed by atoms with Crippen LogP contribution in [0.3, 0.4) is 0 Å². The van der Waals surface area contributed by atoms with E-state index >= 15 is 0 Å². The maximum atomic E-state index is 13.4. The van der Waals surface area contributed by atoms with Crippen LogP contribution in [0.15, 0.2) is 22.7 Å². The van der Waals surface area contributed by atoms with Crippen molar-refractivity contribution in [2.24, 2.45) is 0 Å². The van der Waals surface area contributed by atoms with Crippen molar-refractivity contribution in [2.45, 2.75) is 39.0 Å². The van der Waals surface area contributed by atoms with E-state index in [0.29, 0.717) is 5.69 Å². The Labute approximate surface area is 106 Å². The molecule has 0 saturated carbocycles. The van der Waals surface area contributed by atoms with Crippen LogP contribution in [0.25, 0.3) is 0 Å². The van der Waals surface area contributed by atoms with Gasteiger partial charge >= 0.3 is 0 Å². The van der Waals surface area contributed by atoms with E-state index in [1.165, 1.54) is 31.7 Å². The molecule has 0 aliphatic rings. The first-order valence-electron chi connectivity index (χ1n) is 5.93. The summed E-state index contributed by atoms with van der Waals surface area (Å²) < 4.78 is 14.2. The minimum Gasteiger partial charge on any atom is -0.382 e. The number of hydrogen-bond acceptors (Lipinski definition) is 1. The van der Waals surface area contributed by atoms with E-state index < -0.39 is 0 Å². The summed E-state index contributed by atoms with van der Waals surface area (Å²) in [4.78, 5) is 0. The highest BCUT2D eigenvalue weighted by Gasteiger charge is 2.04. The van der Waals surface area contributed by atoms with Crippen LogP contribution in [0, 0.1) is 5.82 Å². The first-order chi connectivity index (χ1) is 7.75. The van der Waals surface area contributed by atoms with Gasteiger partial charge in [0.1, 0.15) is 5.82 Å². The maximum absolute atomic E-state index is 13.4. The first-order valence-corrected chi connectivity index (χ1v) is 6.73. The highest BCUT2D eigenvalue weighted by Crippen LogP contribution is 2.25. The second-order valence-corrected chi connectivity index (χ2v) is 4.79. The van der Waals surface area contributed by atoms with Gasteiger partial charge in [-0.1, -0.05) is 38.7 Å². The summed E-state index contributed by atoms with van der Waals surface area (Å²) in [6, 6.07) is 5.03. The summed E-state index contributed by atoms with van der Waals surface area (Å²) in [7, 11) is 0. The van der Waals surface area contributed by atoms with Crippen molar-refractivity contribution in [1.82, 2.24) is 0 Å². The maximum Gasteiger partial charge on any atom is 0.147 e. The number of anilines is 1. The molecule has 3 heteroatoms. The summed E-state index contributed by atoms with van der Waals surface area (Å²) in [5, 5.41) is 3.14. The molecule has 0 amide bonds. The van der Waals surface area contributed by atoms with Gasteiger partial charge in [-0.25, -0.2) is 4.39 Å². The SMILES string of the molecule is CCCCCCCNc1c(F)cccc1Br. The Morgan fingerprint density at radius 3 is 2.62 bits per heavy atom. The molecule has 0 bridgehead atoms. The third-order valence-corrected chi connectivity index (χ3v) is 3.21. The number of benzene rings is 1. The zero-order chi connectivity index (χ0) is 11.8. The molecule has 1 nitrogen and oxygen atoms in total. The van der Waals surface area contributed by atoms with Gasteiger partial charge < -0.3 is 5.32 Å². The minimum absolute atomic E-state index is 0.192. The molecule has 1 rings (SSSR count). The van der Waals surface area contributed by atoms with E-state index in [4.69, 9.17) is 0 Å². The van der Waals surface area contributed by atoms with Crippen LogP contribution < -0.4 is 5.32 Å². The van der Waals surface area contributed by atoms with E-state index in [9.17, 15) is 4.39 Å². The molecule has 0 unspecified atom stereocenters. The fourth-order valence-corrected chi connectivity index (χ4v) is 2.09. The van der Waals surface area contributed by atoms with E-state index in [1.54, 1.807) is 6.07 Å². The van der Waals surface area contributed by atoms with Gasteiger partial charge in [0.05, 0.1) is 5.69 Å². The number of para-hydroxylation sites is 1. The Morgan fingerprint density at radius 1 is 1.19 bits per heavy atom. The van der Waals surface area contributed by atoms with Crippen molar-refractivity contribution in [3.8, 4) is 0 Å². The molecule has 0 heterocycles. The molecule has 0 aliphatic heterocycles. The molecule has 0 fully saturated rings. The highest BCUT2D eigenvalue weighted by atomic mass is 79.9. The lowest BCUT2D eigenvalue weighted by molar-refractivity contribution is 0.623. The third kappa shape index (κ3) is 4.52. The molecule has 0 saturated heterocycles. The minimum atomic E-state index is -0.192. The fourth-order valence-electron chi connectivity index (χ4n) is 1.61. The Balaban J connectivity index is 2.26. The Hall–Kier alpha value is -0.570. The topological polar surface area (TPSA) is 12.0 Å². The van der Waals surface area contributed by atoms with Crippen molar-refractivity contribution in [2.75, 3.05) is 11.9 Å². The van der Waals surface area contributed by atoms with Crippen molar-refractivity contribution in [3.05, 3.63) is 28.5 Å². The molecular formula is C13H19BrFN. The van der Waals surface area contributed by atoms with Crippen molar-refractivity contribution in [3.63, 3.8) is 0 Å². The largest absolute Gasteiger partial charge is 0.382 e. The summed E-state index contributed by atoms with van der Waals surface area (Å²) in [6.07, 6.45) is 6.14. The molecular weight excluding hydrogens is 269 g/mol. The standard InChI is InChI=1S/C13H19BrFN/c1-2-3-4-5-6-10-16-13-11(14)8-7-9-12(13)15/h7-9,16H,2-6,10H2,1H3. The Kier molecular flexibility index (Phi) is 6.46. The molecule has 0 spiro atoms. The normalized spacial score (nSPS) is 10.4. The van der Waals surface area contributed by atoms with Gasteiger partial charge in [0.25, 0.3) is 0 Å². The zero-order valence-electron chi connectivity index (χ0n) is 9.73. The number of halogens is 2. The second-order valence-electron chi connectivity index (χ2n) is 3.94. The van der Waals surface area contributed by atoms with Crippen LogP contribution >= 0.6 is 15.9 Å². The monoisotopic (exact) mass is 287 g/mol. The molecule has 0 aliphatic carbocycles. The molecule has 16 heavy (non-hydrogen) atoms. The van der Waals surface area contributed by atoms with Crippen LogP contribution in [0.1, 0.15) is 39.0 Å². The number of nitrogens with one attached hydrogen (secondary N) is 1. The predicted molar refractivity (Wildman–Crippen MR) is 71.3 cm³/mol. The van der Waals surface area contributed by atoms with E-state index in [-0.39, 0.29) is 5.82 Å². The van der Waals surface area contributed by atoms with Gasteiger partial charge in [-0.05, 0) is 34.5 Å². The van der Waals surface area contributed by atoms with Gasteiger partial charge in [0.2, 0.25) is 0 Å². The first kappa shape index (κ1) is 13.5. The smallest absolute Gasteiger partial charge is 0.147 e. The van der Waals surface area contributed by atoms with Gasteiger partial charge in [-0.2, -0.15) is 0 Å². The number of hydrogen-bond donors (Lipinski definition) is 1. The summed E-state index contributed by atoms with van der Waals surface area (Å²) in [5.41, 5.74) is 0.581. The molecule has 0 aromatic heterocycles. The van der Waals surface area contributed by atoms with Crippen molar-refractivity contribution in [1.29, 1.82) is 0 Å². The van der Waals surface area contributed by atoms with Gasteiger partial charge in [-0.15, -0.1) is 0 Å².